The Morgan fingerprint density at radius 1 is 1.17 bits per heavy atom. The van der Waals surface area contributed by atoms with Crippen LogP contribution < -0.4 is 10.9 Å². The van der Waals surface area contributed by atoms with Crippen LogP contribution in [-0.4, -0.2) is 74.1 Å². The number of fused-ring (bicyclic) bond motifs is 1. The summed E-state index contributed by atoms with van der Waals surface area (Å²) < 4.78 is 5.20. The molecule has 3 fully saturated rings. The van der Waals surface area contributed by atoms with Crippen LogP contribution in [0, 0.1) is 17.8 Å². The highest BCUT2D eigenvalue weighted by Crippen LogP contribution is 2.29. The zero-order chi connectivity index (χ0) is 20.2. The quantitative estimate of drug-likeness (QED) is 0.734. The smallest absolute Gasteiger partial charge is 0.240 e. The molecule has 0 aromatic heterocycles. The molecule has 3 atom stereocenters. The minimum absolute atomic E-state index is 0.00325. The summed E-state index contributed by atoms with van der Waals surface area (Å²) in [6.45, 7) is 4.33. The van der Waals surface area contributed by atoms with Crippen molar-refractivity contribution in [3.63, 3.8) is 0 Å². The molecular formula is C22H32N4O3. The summed E-state index contributed by atoms with van der Waals surface area (Å²) in [7, 11) is 1.68. The van der Waals surface area contributed by atoms with Gasteiger partial charge in [-0.05, 0) is 30.7 Å². The number of hydrazine groups is 1. The van der Waals surface area contributed by atoms with Crippen molar-refractivity contribution in [2.24, 2.45) is 17.8 Å². The van der Waals surface area contributed by atoms with Gasteiger partial charge in [0.25, 0.3) is 0 Å². The second-order valence-electron chi connectivity index (χ2n) is 8.58. The van der Waals surface area contributed by atoms with Gasteiger partial charge in [0, 0.05) is 39.8 Å². The van der Waals surface area contributed by atoms with Gasteiger partial charge in [-0.2, -0.15) is 0 Å². The Bertz CT molecular complexity index is 705. The molecule has 3 aliphatic rings. The maximum atomic E-state index is 13.4. The third kappa shape index (κ3) is 4.63. The molecule has 2 N–H and O–H groups in total. The molecule has 0 radical (unpaired) electrons. The third-order valence-corrected chi connectivity index (χ3v) is 6.70. The maximum Gasteiger partial charge on any atom is 0.240 e. The minimum Gasteiger partial charge on any atom is -0.383 e. The Hall–Kier alpha value is -1.96. The zero-order valence-corrected chi connectivity index (χ0v) is 17.2. The highest BCUT2D eigenvalue weighted by atomic mass is 16.5. The molecule has 3 unspecified atom stereocenters. The van der Waals surface area contributed by atoms with Crippen LogP contribution in [0.4, 0.5) is 0 Å². The number of piperidine rings is 2. The van der Waals surface area contributed by atoms with Crippen molar-refractivity contribution in [3.8, 4) is 0 Å². The highest BCUT2D eigenvalue weighted by Gasteiger charge is 2.48. The Morgan fingerprint density at radius 3 is 2.66 bits per heavy atom. The fourth-order valence-corrected chi connectivity index (χ4v) is 5.01. The SMILES string of the molecule is COCCN1CC2C(=O)NNC2C(C(=O)N2CCC(Cc3ccccc3)CC2)C1. The monoisotopic (exact) mass is 400 g/mol. The summed E-state index contributed by atoms with van der Waals surface area (Å²) in [6, 6.07) is 10.5. The lowest BCUT2D eigenvalue weighted by molar-refractivity contribution is -0.141. The number of likely N-dealkylation sites (tertiary alicyclic amines) is 2. The zero-order valence-electron chi connectivity index (χ0n) is 17.2. The van der Waals surface area contributed by atoms with Gasteiger partial charge in [-0.1, -0.05) is 30.3 Å². The van der Waals surface area contributed by atoms with Gasteiger partial charge in [0.15, 0.2) is 0 Å². The van der Waals surface area contributed by atoms with Crippen LogP contribution in [0.5, 0.6) is 0 Å². The van der Waals surface area contributed by atoms with E-state index < -0.39 is 0 Å². The number of nitrogens with zero attached hydrogens (tertiary/aromatic N) is 2. The van der Waals surface area contributed by atoms with Crippen LogP contribution in [0.3, 0.4) is 0 Å². The first-order valence-electron chi connectivity index (χ1n) is 10.7. The Balaban J connectivity index is 1.36. The summed E-state index contributed by atoms with van der Waals surface area (Å²) in [5.74, 6) is 0.438. The van der Waals surface area contributed by atoms with E-state index in [0.717, 1.165) is 38.9 Å². The molecule has 1 aromatic rings. The van der Waals surface area contributed by atoms with Crippen LogP contribution in [0.1, 0.15) is 18.4 Å². The molecule has 7 heteroatoms. The Morgan fingerprint density at radius 2 is 1.93 bits per heavy atom. The highest BCUT2D eigenvalue weighted by molar-refractivity contribution is 5.86. The van der Waals surface area contributed by atoms with E-state index in [4.69, 9.17) is 4.74 Å². The molecule has 0 aliphatic carbocycles. The third-order valence-electron chi connectivity index (χ3n) is 6.70. The average Bonchev–Trinajstić information content (AvgIpc) is 3.13. The van der Waals surface area contributed by atoms with E-state index in [1.807, 2.05) is 4.90 Å². The summed E-state index contributed by atoms with van der Waals surface area (Å²) in [6.07, 6.45) is 3.17. The van der Waals surface area contributed by atoms with Crippen LogP contribution >= 0.6 is 0 Å². The van der Waals surface area contributed by atoms with E-state index in [1.54, 1.807) is 7.11 Å². The van der Waals surface area contributed by atoms with Gasteiger partial charge < -0.3 is 9.64 Å². The number of rotatable bonds is 6. The maximum absolute atomic E-state index is 13.4. The van der Waals surface area contributed by atoms with Crippen molar-refractivity contribution in [1.82, 2.24) is 20.7 Å². The number of carbonyl (C=O) groups excluding carboxylic acids is 2. The van der Waals surface area contributed by atoms with Crippen LogP contribution in [0.15, 0.2) is 30.3 Å². The number of hydrogen-bond donors (Lipinski definition) is 2. The standard InChI is InChI=1S/C22H32N4O3/c1-29-12-11-25-14-18-20(23-24-21(18)27)19(15-25)22(28)26-9-7-17(8-10-26)13-16-5-3-2-4-6-16/h2-6,17-20,23H,7-15H2,1H3,(H,24,27). The number of methoxy groups -OCH3 is 1. The number of amides is 2. The second kappa shape index (κ2) is 9.24. The van der Waals surface area contributed by atoms with E-state index in [2.05, 4.69) is 46.1 Å². The average molecular weight is 401 g/mol. The van der Waals surface area contributed by atoms with Gasteiger partial charge in [-0.25, -0.2) is 5.43 Å². The molecule has 3 saturated heterocycles. The lowest BCUT2D eigenvalue weighted by Crippen LogP contribution is -2.58. The molecule has 0 saturated carbocycles. The number of hydrogen-bond acceptors (Lipinski definition) is 5. The van der Waals surface area contributed by atoms with Crippen molar-refractivity contribution in [2.45, 2.75) is 25.3 Å². The molecule has 1 aromatic carbocycles. The lowest BCUT2D eigenvalue weighted by atomic mass is 9.82. The predicted molar refractivity (Wildman–Crippen MR) is 110 cm³/mol. The van der Waals surface area contributed by atoms with Gasteiger partial charge in [0.2, 0.25) is 11.8 Å². The molecule has 7 nitrogen and oxygen atoms in total. The predicted octanol–water partition coefficient (Wildman–Crippen LogP) is 0.665. The van der Waals surface area contributed by atoms with Gasteiger partial charge in [0.1, 0.15) is 0 Å². The number of carbonyl (C=O) groups is 2. The van der Waals surface area contributed by atoms with Crippen LogP contribution in [0.2, 0.25) is 0 Å². The molecule has 4 rings (SSSR count). The van der Waals surface area contributed by atoms with Gasteiger partial charge in [0.05, 0.1) is 24.5 Å². The summed E-state index contributed by atoms with van der Waals surface area (Å²) in [5.41, 5.74) is 7.21. The lowest BCUT2D eigenvalue weighted by Gasteiger charge is -2.41. The number of benzene rings is 1. The van der Waals surface area contributed by atoms with E-state index >= 15 is 0 Å². The van der Waals surface area contributed by atoms with Crippen LogP contribution in [0.25, 0.3) is 0 Å². The van der Waals surface area contributed by atoms with Crippen LogP contribution in [-0.2, 0) is 20.7 Å². The van der Waals surface area contributed by atoms with Gasteiger partial charge in [-0.3, -0.25) is 19.9 Å². The normalized spacial score (nSPS) is 28.2. The van der Waals surface area contributed by atoms with Crippen molar-refractivity contribution in [3.05, 3.63) is 35.9 Å². The number of nitrogens with one attached hydrogen (secondary N) is 2. The van der Waals surface area contributed by atoms with Crippen molar-refractivity contribution >= 4 is 11.8 Å². The van der Waals surface area contributed by atoms with Gasteiger partial charge >= 0.3 is 0 Å². The molecular weight excluding hydrogens is 368 g/mol. The summed E-state index contributed by atoms with van der Waals surface area (Å²) in [5, 5.41) is 0. The molecule has 29 heavy (non-hydrogen) atoms. The molecule has 3 heterocycles. The summed E-state index contributed by atoms with van der Waals surface area (Å²) >= 11 is 0. The Kier molecular flexibility index (Phi) is 6.47. The minimum atomic E-state index is -0.199. The largest absolute Gasteiger partial charge is 0.383 e. The molecule has 0 spiro atoms. The topological polar surface area (TPSA) is 73.9 Å². The molecule has 0 bridgehead atoms. The van der Waals surface area contributed by atoms with E-state index in [9.17, 15) is 9.59 Å². The first-order valence-corrected chi connectivity index (χ1v) is 10.7. The molecule has 3 aliphatic heterocycles. The molecule has 158 valence electrons. The second-order valence-corrected chi connectivity index (χ2v) is 8.58. The fraction of sp³-hybridized carbons (Fsp3) is 0.636. The Labute approximate surface area is 172 Å². The van der Waals surface area contributed by atoms with E-state index in [1.165, 1.54) is 5.56 Å². The summed E-state index contributed by atoms with van der Waals surface area (Å²) in [4.78, 5) is 29.8. The van der Waals surface area contributed by atoms with Crippen molar-refractivity contribution in [2.75, 3.05) is 46.4 Å². The van der Waals surface area contributed by atoms with E-state index in [-0.39, 0.29) is 29.7 Å². The fourth-order valence-electron chi connectivity index (χ4n) is 5.01. The van der Waals surface area contributed by atoms with Crippen molar-refractivity contribution in [1.29, 1.82) is 0 Å². The number of ether oxygens (including phenoxy) is 1. The first-order chi connectivity index (χ1) is 14.2. The van der Waals surface area contributed by atoms with E-state index in [0.29, 0.717) is 25.6 Å². The first kappa shape index (κ1) is 20.3. The van der Waals surface area contributed by atoms with Crippen molar-refractivity contribution < 1.29 is 14.3 Å². The van der Waals surface area contributed by atoms with Gasteiger partial charge in [-0.15, -0.1) is 0 Å². The molecule has 2 amide bonds.